The van der Waals surface area contributed by atoms with E-state index in [2.05, 4.69) is 26.1 Å². The van der Waals surface area contributed by atoms with Gasteiger partial charge in [-0.1, -0.05) is 20.8 Å². The highest BCUT2D eigenvalue weighted by molar-refractivity contribution is 4.72. The van der Waals surface area contributed by atoms with E-state index >= 15 is 0 Å². The lowest BCUT2D eigenvalue weighted by Gasteiger charge is -2.24. The Morgan fingerprint density at radius 2 is 1.82 bits per heavy atom. The van der Waals surface area contributed by atoms with Gasteiger partial charge in [-0.05, 0) is 19.3 Å². The van der Waals surface area contributed by atoms with Crippen molar-refractivity contribution < 1.29 is 5.11 Å². The van der Waals surface area contributed by atoms with Crippen molar-refractivity contribution in [2.24, 2.45) is 5.92 Å². The summed E-state index contributed by atoms with van der Waals surface area (Å²) in [4.78, 5) is 0. The van der Waals surface area contributed by atoms with Crippen molar-refractivity contribution in [2.75, 3.05) is 6.61 Å². The van der Waals surface area contributed by atoms with Crippen molar-refractivity contribution in [1.82, 2.24) is 5.32 Å². The van der Waals surface area contributed by atoms with Crippen LogP contribution in [0.3, 0.4) is 0 Å². The minimum Gasteiger partial charge on any atom is -0.395 e. The molecule has 0 amide bonds. The second kappa shape index (κ2) is 5.56. The second-order valence-corrected chi connectivity index (χ2v) is 3.51. The summed E-state index contributed by atoms with van der Waals surface area (Å²) < 4.78 is 0. The fraction of sp³-hybridized carbons (Fsp3) is 1.00. The van der Waals surface area contributed by atoms with Crippen LogP contribution in [-0.2, 0) is 0 Å². The topological polar surface area (TPSA) is 32.3 Å². The van der Waals surface area contributed by atoms with Crippen LogP contribution in [0.25, 0.3) is 0 Å². The highest BCUT2D eigenvalue weighted by Crippen LogP contribution is 2.05. The molecule has 2 N–H and O–H groups in total. The zero-order valence-corrected chi connectivity index (χ0v) is 8.09. The quantitative estimate of drug-likeness (QED) is 0.635. The molecule has 2 unspecified atom stereocenters. The van der Waals surface area contributed by atoms with E-state index in [1.807, 2.05) is 6.92 Å². The third-order valence-electron chi connectivity index (χ3n) is 2.02. The SMILES string of the molecule is CCC(NC(C)CO)C(C)C. The lowest BCUT2D eigenvalue weighted by Crippen LogP contribution is -2.41. The van der Waals surface area contributed by atoms with E-state index in [9.17, 15) is 0 Å². The van der Waals surface area contributed by atoms with Gasteiger partial charge in [0.2, 0.25) is 0 Å². The molecule has 0 heterocycles. The van der Waals surface area contributed by atoms with Crippen LogP contribution in [0.5, 0.6) is 0 Å². The van der Waals surface area contributed by atoms with E-state index in [0.29, 0.717) is 12.0 Å². The molecule has 0 aromatic heterocycles. The summed E-state index contributed by atoms with van der Waals surface area (Å²) in [5.41, 5.74) is 0. The zero-order chi connectivity index (χ0) is 8.85. The Hall–Kier alpha value is -0.0800. The van der Waals surface area contributed by atoms with Crippen molar-refractivity contribution in [2.45, 2.75) is 46.2 Å². The maximum absolute atomic E-state index is 8.80. The van der Waals surface area contributed by atoms with Gasteiger partial charge in [-0.2, -0.15) is 0 Å². The molecule has 0 saturated carbocycles. The van der Waals surface area contributed by atoms with Gasteiger partial charge in [0.05, 0.1) is 6.61 Å². The molecule has 0 radical (unpaired) electrons. The van der Waals surface area contributed by atoms with Crippen LogP contribution < -0.4 is 5.32 Å². The molecule has 0 rings (SSSR count). The summed E-state index contributed by atoms with van der Waals surface area (Å²) in [6.45, 7) is 8.80. The molecule has 0 aromatic carbocycles. The Morgan fingerprint density at radius 1 is 1.27 bits per heavy atom. The van der Waals surface area contributed by atoms with E-state index in [4.69, 9.17) is 5.11 Å². The fourth-order valence-electron chi connectivity index (χ4n) is 1.20. The molecule has 0 aliphatic rings. The first-order chi connectivity index (χ1) is 5.11. The molecule has 0 saturated heterocycles. The first-order valence-corrected chi connectivity index (χ1v) is 4.48. The van der Waals surface area contributed by atoms with Crippen molar-refractivity contribution >= 4 is 0 Å². The number of hydrogen-bond donors (Lipinski definition) is 2. The van der Waals surface area contributed by atoms with Gasteiger partial charge in [-0.15, -0.1) is 0 Å². The molecule has 0 aliphatic heterocycles. The van der Waals surface area contributed by atoms with Gasteiger partial charge in [0, 0.05) is 12.1 Å². The van der Waals surface area contributed by atoms with Gasteiger partial charge in [-0.3, -0.25) is 0 Å². The normalized spacial score (nSPS) is 16.9. The first-order valence-electron chi connectivity index (χ1n) is 4.48. The van der Waals surface area contributed by atoms with Crippen LogP contribution in [-0.4, -0.2) is 23.8 Å². The molecule has 0 fully saturated rings. The maximum Gasteiger partial charge on any atom is 0.0582 e. The Labute approximate surface area is 70.0 Å². The van der Waals surface area contributed by atoms with E-state index in [1.165, 1.54) is 0 Å². The molecular formula is C9H21NO. The monoisotopic (exact) mass is 159 g/mol. The van der Waals surface area contributed by atoms with Crippen molar-refractivity contribution in [1.29, 1.82) is 0 Å². The summed E-state index contributed by atoms with van der Waals surface area (Å²) in [5.74, 6) is 0.647. The molecule has 2 heteroatoms. The van der Waals surface area contributed by atoms with Gasteiger partial charge < -0.3 is 10.4 Å². The molecule has 0 aliphatic carbocycles. The molecule has 0 bridgehead atoms. The summed E-state index contributed by atoms with van der Waals surface area (Å²) >= 11 is 0. The van der Waals surface area contributed by atoms with Crippen LogP contribution in [0, 0.1) is 5.92 Å². The minimum atomic E-state index is 0.224. The molecule has 0 spiro atoms. The number of aliphatic hydroxyl groups is 1. The van der Waals surface area contributed by atoms with E-state index < -0.39 is 0 Å². The van der Waals surface area contributed by atoms with Gasteiger partial charge in [0.1, 0.15) is 0 Å². The van der Waals surface area contributed by atoms with E-state index in [0.717, 1.165) is 6.42 Å². The van der Waals surface area contributed by atoms with Gasteiger partial charge in [0.15, 0.2) is 0 Å². The van der Waals surface area contributed by atoms with Crippen LogP contribution in [0.4, 0.5) is 0 Å². The van der Waals surface area contributed by atoms with Gasteiger partial charge in [-0.25, -0.2) is 0 Å². The van der Waals surface area contributed by atoms with Crippen LogP contribution in [0.2, 0.25) is 0 Å². The lowest BCUT2D eigenvalue weighted by molar-refractivity contribution is 0.227. The summed E-state index contributed by atoms with van der Waals surface area (Å²) in [6, 6.07) is 0.763. The predicted molar refractivity (Wildman–Crippen MR) is 48.6 cm³/mol. The zero-order valence-electron chi connectivity index (χ0n) is 8.09. The van der Waals surface area contributed by atoms with Crippen molar-refractivity contribution in [3.8, 4) is 0 Å². The molecule has 2 nitrogen and oxygen atoms in total. The lowest BCUT2D eigenvalue weighted by atomic mass is 10.0. The Balaban J connectivity index is 3.68. The number of rotatable bonds is 5. The van der Waals surface area contributed by atoms with E-state index in [-0.39, 0.29) is 12.6 Å². The van der Waals surface area contributed by atoms with Crippen LogP contribution >= 0.6 is 0 Å². The molecule has 2 atom stereocenters. The van der Waals surface area contributed by atoms with Crippen LogP contribution in [0.1, 0.15) is 34.1 Å². The average Bonchev–Trinajstić information content (AvgIpc) is 1.99. The minimum absolute atomic E-state index is 0.224. The molecule has 11 heavy (non-hydrogen) atoms. The fourth-order valence-corrected chi connectivity index (χ4v) is 1.20. The molecular weight excluding hydrogens is 138 g/mol. The second-order valence-electron chi connectivity index (χ2n) is 3.51. The third-order valence-corrected chi connectivity index (χ3v) is 2.02. The largest absolute Gasteiger partial charge is 0.395 e. The third kappa shape index (κ3) is 4.38. The summed E-state index contributed by atoms with van der Waals surface area (Å²) in [7, 11) is 0. The smallest absolute Gasteiger partial charge is 0.0582 e. The average molecular weight is 159 g/mol. The first kappa shape index (κ1) is 10.9. The number of nitrogens with one attached hydrogen (secondary N) is 1. The summed E-state index contributed by atoms with van der Waals surface area (Å²) in [5, 5.41) is 12.2. The Kier molecular flexibility index (Phi) is 5.51. The van der Waals surface area contributed by atoms with Gasteiger partial charge in [0.25, 0.3) is 0 Å². The van der Waals surface area contributed by atoms with Crippen molar-refractivity contribution in [3.63, 3.8) is 0 Å². The van der Waals surface area contributed by atoms with E-state index in [1.54, 1.807) is 0 Å². The standard InChI is InChI=1S/C9H21NO/c1-5-9(7(2)3)10-8(4)6-11/h7-11H,5-6H2,1-4H3. The Morgan fingerprint density at radius 3 is 2.09 bits per heavy atom. The number of aliphatic hydroxyl groups excluding tert-OH is 1. The number of hydrogen-bond acceptors (Lipinski definition) is 2. The molecule has 68 valence electrons. The molecule has 0 aromatic rings. The highest BCUT2D eigenvalue weighted by Gasteiger charge is 2.12. The van der Waals surface area contributed by atoms with Crippen molar-refractivity contribution in [3.05, 3.63) is 0 Å². The Bertz CT molecular complexity index is 93.6. The predicted octanol–water partition coefficient (Wildman–Crippen LogP) is 1.39. The highest BCUT2D eigenvalue weighted by atomic mass is 16.3. The van der Waals surface area contributed by atoms with Crippen LogP contribution in [0.15, 0.2) is 0 Å². The maximum atomic E-state index is 8.80. The van der Waals surface area contributed by atoms with Gasteiger partial charge >= 0.3 is 0 Å². The summed E-state index contributed by atoms with van der Waals surface area (Å²) in [6.07, 6.45) is 1.13.